The molecule has 0 spiro atoms. The molecular formula is C15H22O2. The van der Waals surface area contributed by atoms with Crippen molar-refractivity contribution in [1.82, 2.24) is 0 Å². The van der Waals surface area contributed by atoms with E-state index in [0.29, 0.717) is 5.56 Å². The third-order valence-electron chi connectivity index (χ3n) is 2.77. The van der Waals surface area contributed by atoms with Crippen LogP contribution < -0.4 is 0 Å². The molecular weight excluding hydrogens is 212 g/mol. The van der Waals surface area contributed by atoms with Crippen molar-refractivity contribution in [3.63, 3.8) is 0 Å². The lowest BCUT2D eigenvalue weighted by atomic mass is 9.81. The SMILES string of the molecule is CC(C)(C)C(=O)c1cccc(C(C)(C)C)c1O. The predicted octanol–water partition coefficient (Wildman–Crippen LogP) is 3.92. The molecule has 17 heavy (non-hydrogen) atoms. The van der Waals surface area contributed by atoms with E-state index < -0.39 is 5.41 Å². The van der Waals surface area contributed by atoms with Gasteiger partial charge in [-0.1, -0.05) is 53.7 Å². The second-order valence-electron chi connectivity index (χ2n) is 6.53. The van der Waals surface area contributed by atoms with Crippen molar-refractivity contribution in [3.05, 3.63) is 29.3 Å². The monoisotopic (exact) mass is 234 g/mol. The number of hydrogen-bond acceptors (Lipinski definition) is 2. The van der Waals surface area contributed by atoms with Crippen molar-refractivity contribution in [3.8, 4) is 5.75 Å². The molecule has 1 aromatic rings. The molecule has 1 N–H and O–H groups in total. The Balaban J connectivity index is 3.35. The summed E-state index contributed by atoms with van der Waals surface area (Å²) in [5.41, 5.74) is 0.587. The summed E-state index contributed by atoms with van der Waals surface area (Å²) in [6, 6.07) is 5.40. The summed E-state index contributed by atoms with van der Waals surface area (Å²) in [4.78, 5) is 12.2. The van der Waals surface area contributed by atoms with Crippen LogP contribution in [-0.2, 0) is 5.41 Å². The molecule has 0 atom stereocenters. The van der Waals surface area contributed by atoms with E-state index in [1.54, 1.807) is 6.07 Å². The minimum absolute atomic E-state index is 0.0268. The molecule has 1 rings (SSSR count). The third kappa shape index (κ3) is 2.87. The highest BCUT2D eigenvalue weighted by Crippen LogP contribution is 2.35. The van der Waals surface area contributed by atoms with E-state index in [2.05, 4.69) is 0 Å². The molecule has 0 heterocycles. The minimum Gasteiger partial charge on any atom is -0.507 e. The highest BCUT2D eigenvalue weighted by Gasteiger charge is 2.28. The number of hydrogen-bond donors (Lipinski definition) is 1. The molecule has 0 aliphatic heterocycles. The average Bonchev–Trinajstić information content (AvgIpc) is 2.13. The molecule has 2 nitrogen and oxygen atoms in total. The number of carbonyl (C=O) groups excluding carboxylic acids is 1. The van der Waals surface area contributed by atoms with Gasteiger partial charge in [-0.3, -0.25) is 4.79 Å². The van der Waals surface area contributed by atoms with Gasteiger partial charge in [-0.05, 0) is 17.0 Å². The van der Waals surface area contributed by atoms with Crippen LogP contribution in [0.15, 0.2) is 18.2 Å². The molecule has 0 saturated heterocycles. The van der Waals surface area contributed by atoms with Crippen molar-refractivity contribution in [2.75, 3.05) is 0 Å². The Hall–Kier alpha value is -1.31. The summed E-state index contributed by atoms with van der Waals surface area (Å²) in [6.07, 6.45) is 0. The van der Waals surface area contributed by atoms with Crippen LogP contribution >= 0.6 is 0 Å². The summed E-state index contributed by atoms with van der Waals surface area (Å²) in [7, 11) is 0. The molecule has 0 fully saturated rings. The highest BCUT2D eigenvalue weighted by molar-refractivity contribution is 6.02. The van der Waals surface area contributed by atoms with Gasteiger partial charge in [-0.15, -0.1) is 0 Å². The molecule has 0 saturated carbocycles. The van der Waals surface area contributed by atoms with Crippen molar-refractivity contribution in [2.24, 2.45) is 5.41 Å². The van der Waals surface area contributed by atoms with Gasteiger partial charge in [-0.25, -0.2) is 0 Å². The number of para-hydroxylation sites is 1. The lowest BCUT2D eigenvalue weighted by Gasteiger charge is -2.23. The summed E-state index contributed by atoms with van der Waals surface area (Å²) >= 11 is 0. The van der Waals surface area contributed by atoms with Gasteiger partial charge in [0.2, 0.25) is 0 Å². The van der Waals surface area contributed by atoms with Gasteiger partial charge in [0.05, 0.1) is 5.56 Å². The zero-order valence-corrected chi connectivity index (χ0v) is 11.6. The molecule has 0 aliphatic carbocycles. The van der Waals surface area contributed by atoms with E-state index in [4.69, 9.17) is 0 Å². The number of carbonyl (C=O) groups is 1. The Labute approximate surface area is 104 Å². The molecule has 94 valence electrons. The fraction of sp³-hybridized carbons (Fsp3) is 0.533. The van der Waals surface area contributed by atoms with Crippen LogP contribution in [-0.4, -0.2) is 10.9 Å². The first-order valence-corrected chi connectivity index (χ1v) is 5.92. The number of benzene rings is 1. The van der Waals surface area contributed by atoms with Crippen molar-refractivity contribution in [1.29, 1.82) is 0 Å². The third-order valence-corrected chi connectivity index (χ3v) is 2.77. The smallest absolute Gasteiger partial charge is 0.171 e. The normalized spacial score (nSPS) is 12.6. The van der Waals surface area contributed by atoms with Crippen LogP contribution in [0.2, 0.25) is 0 Å². The maximum absolute atomic E-state index is 12.2. The molecule has 0 aliphatic rings. The van der Waals surface area contributed by atoms with Crippen LogP contribution in [0.1, 0.15) is 57.5 Å². The lowest BCUT2D eigenvalue weighted by molar-refractivity contribution is 0.0855. The Morgan fingerprint density at radius 3 is 2.00 bits per heavy atom. The van der Waals surface area contributed by atoms with Crippen LogP contribution in [0.3, 0.4) is 0 Å². The van der Waals surface area contributed by atoms with E-state index >= 15 is 0 Å². The fourth-order valence-corrected chi connectivity index (χ4v) is 1.74. The highest BCUT2D eigenvalue weighted by atomic mass is 16.3. The van der Waals surface area contributed by atoms with Gasteiger partial charge in [-0.2, -0.15) is 0 Å². The van der Waals surface area contributed by atoms with Crippen LogP contribution in [0, 0.1) is 5.41 Å². The first kappa shape index (κ1) is 13.8. The van der Waals surface area contributed by atoms with E-state index in [0.717, 1.165) is 5.56 Å². The van der Waals surface area contributed by atoms with Gasteiger partial charge >= 0.3 is 0 Å². The molecule has 2 heteroatoms. The van der Waals surface area contributed by atoms with Crippen LogP contribution in [0.25, 0.3) is 0 Å². The van der Waals surface area contributed by atoms with Gasteiger partial charge in [0.25, 0.3) is 0 Å². The van der Waals surface area contributed by atoms with Gasteiger partial charge in [0.1, 0.15) is 5.75 Å². The number of phenols is 1. The van der Waals surface area contributed by atoms with Crippen molar-refractivity contribution in [2.45, 2.75) is 47.0 Å². The standard InChI is InChI=1S/C15H22O2/c1-14(2,3)11-9-7-8-10(12(11)16)13(17)15(4,5)6/h7-9,16H,1-6H3. The largest absolute Gasteiger partial charge is 0.507 e. The first-order valence-electron chi connectivity index (χ1n) is 5.92. The van der Waals surface area contributed by atoms with Gasteiger partial charge in [0, 0.05) is 5.41 Å². The Morgan fingerprint density at radius 1 is 1.06 bits per heavy atom. The summed E-state index contributed by atoms with van der Waals surface area (Å²) < 4.78 is 0. The number of aromatic hydroxyl groups is 1. The number of ketones is 1. The summed E-state index contributed by atoms with van der Waals surface area (Å²) in [5, 5.41) is 10.2. The maximum atomic E-state index is 12.2. The second-order valence-corrected chi connectivity index (χ2v) is 6.53. The van der Waals surface area contributed by atoms with Crippen LogP contribution in [0.4, 0.5) is 0 Å². The molecule has 0 amide bonds. The number of rotatable bonds is 1. The molecule has 0 radical (unpaired) electrons. The van der Waals surface area contributed by atoms with Gasteiger partial charge < -0.3 is 5.11 Å². The number of Topliss-reactive ketones (excluding diaryl/α,β-unsaturated/α-hetero) is 1. The molecule has 0 bridgehead atoms. The topological polar surface area (TPSA) is 37.3 Å². The Kier molecular flexibility index (Phi) is 3.37. The molecule has 0 aromatic heterocycles. The zero-order chi connectivity index (χ0) is 13.4. The Morgan fingerprint density at radius 2 is 1.59 bits per heavy atom. The van der Waals surface area contributed by atoms with E-state index in [1.165, 1.54) is 0 Å². The first-order chi connectivity index (χ1) is 7.55. The minimum atomic E-state index is -0.478. The predicted molar refractivity (Wildman–Crippen MR) is 70.6 cm³/mol. The maximum Gasteiger partial charge on any atom is 0.171 e. The molecule has 0 unspecified atom stereocenters. The fourth-order valence-electron chi connectivity index (χ4n) is 1.74. The lowest BCUT2D eigenvalue weighted by Crippen LogP contribution is -2.21. The molecule has 1 aromatic carbocycles. The van der Waals surface area contributed by atoms with E-state index in [-0.39, 0.29) is 16.9 Å². The average molecular weight is 234 g/mol. The second kappa shape index (κ2) is 4.17. The summed E-state index contributed by atoms with van der Waals surface area (Å²) in [5.74, 6) is 0.0982. The number of phenolic OH excluding ortho intramolecular Hbond substituents is 1. The quantitative estimate of drug-likeness (QED) is 0.748. The van der Waals surface area contributed by atoms with Gasteiger partial charge in [0.15, 0.2) is 5.78 Å². The van der Waals surface area contributed by atoms with E-state index in [1.807, 2.05) is 53.7 Å². The summed E-state index contributed by atoms with van der Waals surface area (Å²) in [6.45, 7) is 11.6. The van der Waals surface area contributed by atoms with Crippen molar-refractivity contribution >= 4 is 5.78 Å². The Bertz CT molecular complexity index is 431. The van der Waals surface area contributed by atoms with E-state index in [9.17, 15) is 9.90 Å². The van der Waals surface area contributed by atoms with Crippen molar-refractivity contribution < 1.29 is 9.90 Å². The zero-order valence-electron chi connectivity index (χ0n) is 11.6. The van der Waals surface area contributed by atoms with Crippen LogP contribution in [0.5, 0.6) is 5.75 Å².